The molecule has 0 fully saturated rings. The summed E-state index contributed by atoms with van der Waals surface area (Å²) in [5.74, 6) is 2.21. The maximum atomic E-state index is 5.61. The molecule has 2 aromatic heterocycles. The lowest BCUT2D eigenvalue weighted by molar-refractivity contribution is 0.799. The topological polar surface area (TPSA) is 69.6 Å². The Balaban J connectivity index is 2.59. The molecular weight excluding hydrogens is 258 g/mol. The normalized spacial score (nSPS) is 10.6. The highest BCUT2D eigenvalue weighted by Gasteiger charge is 2.09. The Morgan fingerprint density at radius 1 is 1.40 bits per heavy atom. The molecule has 2 N–H and O–H groups in total. The summed E-state index contributed by atoms with van der Waals surface area (Å²) < 4.78 is 2.48. The molecule has 6 heteroatoms. The summed E-state index contributed by atoms with van der Waals surface area (Å²) in [5.41, 5.74) is 6.22. The van der Waals surface area contributed by atoms with Gasteiger partial charge in [0.1, 0.15) is 11.6 Å². The minimum atomic E-state index is 0.611. The zero-order valence-electron chi connectivity index (χ0n) is 8.40. The second-order valence-corrected chi connectivity index (χ2v) is 4.05. The van der Waals surface area contributed by atoms with Crippen molar-refractivity contribution < 1.29 is 0 Å². The number of anilines is 1. The number of hydrogen-bond acceptors (Lipinski definition) is 4. The van der Waals surface area contributed by atoms with Crippen LogP contribution in [0.3, 0.4) is 0 Å². The van der Waals surface area contributed by atoms with Crippen molar-refractivity contribution in [2.75, 3.05) is 5.73 Å². The SMILES string of the molecule is Cc1nc(C)n(-c2ncc(N)cc2Br)n1. The van der Waals surface area contributed by atoms with Crippen LogP contribution in [0.15, 0.2) is 16.7 Å². The van der Waals surface area contributed by atoms with Crippen LogP contribution in [-0.4, -0.2) is 19.7 Å². The standard InChI is InChI=1S/C9H10BrN5/c1-5-13-6(2)15(14-5)9-8(10)3-7(11)4-12-9/h3-4H,11H2,1-2H3. The van der Waals surface area contributed by atoms with E-state index in [4.69, 9.17) is 5.73 Å². The average molecular weight is 268 g/mol. The molecule has 0 atom stereocenters. The highest BCUT2D eigenvalue weighted by Crippen LogP contribution is 2.21. The fraction of sp³-hybridized carbons (Fsp3) is 0.222. The second-order valence-electron chi connectivity index (χ2n) is 3.19. The van der Waals surface area contributed by atoms with Crippen molar-refractivity contribution >= 4 is 21.6 Å². The predicted octanol–water partition coefficient (Wildman–Crippen LogP) is 1.62. The number of pyridine rings is 1. The van der Waals surface area contributed by atoms with Gasteiger partial charge < -0.3 is 5.73 Å². The zero-order valence-corrected chi connectivity index (χ0v) is 9.98. The van der Waals surface area contributed by atoms with Crippen molar-refractivity contribution in [3.8, 4) is 5.82 Å². The Morgan fingerprint density at radius 2 is 2.13 bits per heavy atom. The molecule has 15 heavy (non-hydrogen) atoms. The van der Waals surface area contributed by atoms with E-state index in [1.165, 1.54) is 0 Å². The molecule has 78 valence electrons. The van der Waals surface area contributed by atoms with Crippen molar-refractivity contribution in [2.45, 2.75) is 13.8 Å². The van der Waals surface area contributed by atoms with Gasteiger partial charge in [-0.25, -0.2) is 9.97 Å². The highest BCUT2D eigenvalue weighted by atomic mass is 79.9. The van der Waals surface area contributed by atoms with Crippen LogP contribution < -0.4 is 5.73 Å². The number of aryl methyl sites for hydroxylation is 2. The third-order valence-corrected chi connectivity index (χ3v) is 2.50. The van der Waals surface area contributed by atoms with Gasteiger partial charge in [0.2, 0.25) is 0 Å². The summed E-state index contributed by atoms with van der Waals surface area (Å²) in [6, 6.07) is 1.79. The van der Waals surface area contributed by atoms with E-state index >= 15 is 0 Å². The van der Waals surface area contributed by atoms with Crippen molar-refractivity contribution in [3.05, 3.63) is 28.4 Å². The van der Waals surface area contributed by atoms with Gasteiger partial charge in [0.05, 0.1) is 16.4 Å². The van der Waals surface area contributed by atoms with E-state index in [1.807, 2.05) is 13.8 Å². The van der Waals surface area contributed by atoms with Crippen LogP contribution in [0.1, 0.15) is 11.6 Å². The molecule has 0 aliphatic rings. The van der Waals surface area contributed by atoms with Crippen molar-refractivity contribution in [3.63, 3.8) is 0 Å². The number of nitrogens with two attached hydrogens (primary N) is 1. The van der Waals surface area contributed by atoms with E-state index in [0.29, 0.717) is 11.5 Å². The molecule has 0 saturated carbocycles. The van der Waals surface area contributed by atoms with Crippen molar-refractivity contribution in [1.82, 2.24) is 19.7 Å². The minimum Gasteiger partial charge on any atom is -0.397 e. The number of nitrogen functional groups attached to an aromatic ring is 1. The first-order valence-corrected chi connectivity index (χ1v) is 5.19. The van der Waals surface area contributed by atoms with Crippen molar-refractivity contribution in [1.29, 1.82) is 0 Å². The number of rotatable bonds is 1. The van der Waals surface area contributed by atoms with E-state index in [1.54, 1.807) is 16.9 Å². The Labute approximate surface area is 95.5 Å². The lowest BCUT2D eigenvalue weighted by Crippen LogP contribution is -2.03. The summed E-state index contributed by atoms with van der Waals surface area (Å²) in [7, 11) is 0. The Bertz CT molecular complexity index is 505. The molecule has 0 amide bonds. The molecule has 0 saturated heterocycles. The Hall–Kier alpha value is -1.43. The van der Waals surface area contributed by atoms with Crippen LogP contribution in [0.2, 0.25) is 0 Å². The van der Waals surface area contributed by atoms with Crippen molar-refractivity contribution in [2.24, 2.45) is 0 Å². The Morgan fingerprint density at radius 3 is 2.67 bits per heavy atom. The molecule has 0 aliphatic heterocycles. The lowest BCUT2D eigenvalue weighted by Gasteiger charge is -2.04. The molecule has 2 rings (SSSR count). The fourth-order valence-corrected chi connectivity index (χ4v) is 1.86. The largest absolute Gasteiger partial charge is 0.397 e. The monoisotopic (exact) mass is 267 g/mol. The second kappa shape index (κ2) is 3.62. The van der Waals surface area contributed by atoms with E-state index in [2.05, 4.69) is 31.0 Å². The Kier molecular flexibility index (Phi) is 2.44. The summed E-state index contributed by atoms with van der Waals surface area (Å²) >= 11 is 3.40. The molecule has 0 radical (unpaired) electrons. The van der Waals surface area contributed by atoms with E-state index in [-0.39, 0.29) is 0 Å². The summed E-state index contributed by atoms with van der Waals surface area (Å²) in [5, 5.41) is 4.24. The number of halogens is 1. The molecule has 0 unspecified atom stereocenters. The molecule has 0 aliphatic carbocycles. The molecular formula is C9H10BrN5. The van der Waals surface area contributed by atoms with Crippen LogP contribution in [0.5, 0.6) is 0 Å². The molecule has 2 heterocycles. The molecule has 5 nitrogen and oxygen atoms in total. The zero-order chi connectivity index (χ0) is 11.0. The molecule has 0 bridgehead atoms. The van der Waals surface area contributed by atoms with E-state index < -0.39 is 0 Å². The predicted molar refractivity (Wildman–Crippen MR) is 60.7 cm³/mol. The van der Waals surface area contributed by atoms with E-state index in [0.717, 1.165) is 16.1 Å². The van der Waals surface area contributed by atoms with Gasteiger partial charge in [0.15, 0.2) is 5.82 Å². The van der Waals surface area contributed by atoms with Gasteiger partial charge >= 0.3 is 0 Å². The lowest BCUT2D eigenvalue weighted by atomic mass is 10.4. The summed E-state index contributed by atoms with van der Waals surface area (Å²) in [6.45, 7) is 3.72. The van der Waals surface area contributed by atoms with Gasteiger partial charge in [-0.3, -0.25) is 0 Å². The molecule has 0 aromatic carbocycles. The van der Waals surface area contributed by atoms with Gasteiger partial charge in [0, 0.05) is 0 Å². The van der Waals surface area contributed by atoms with Crippen LogP contribution in [-0.2, 0) is 0 Å². The van der Waals surface area contributed by atoms with Gasteiger partial charge in [-0.05, 0) is 35.8 Å². The first-order chi connectivity index (χ1) is 7.08. The minimum absolute atomic E-state index is 0.611. The van der Waals surface area contributed by atoms with Crippen LogP contribution in [0.25, 0.3) is 5.82 Å². The van der Waals surface area contributed by atoms with Gasteiger partial charge in [0.25, 0.3) is 0 Å². The molecule has 0 spiro atoms. The number of nitrogens with zero attached hydrogens (tertiary/aromatic N) is 4. The van der Waals surface area contributed by atoms with Gasteiger partial charge in [-0.1, -0.05) is 0 Å². The maximum Gasteiger partial charge on any atom is 0.169 e. The summed E-state index contributed by atoms with van der Waals surface area (Å²) in [4.78, 5) is 8.42. The highest BCUT2D eigenvalue weighted by molar-refractivity contribution is 9.10. The number of hydrogen-bond donors (Lipinski definition) is 1. The van der Waals surface area contributed by atoms with Gasteiger partial charge in [-0.15, -0.1) is 5.10 Å². The van der Waals surface area contributed by atoms with Crippen LogP contribution in [0.4, 0.5) is 5.69 Å². The quantitative estimate of drug-likeness (QED) is 0.853. The van der Waals surface area contributed by atoms with Gasteiger partial charge in [-0.2, -0.15) is 4.68 Å². The smallest absolute Gasteiger partial charge is 0.169 e. The maximum absolute atomic E-state index is 5.61. The summed E-state index contributed by atoms with van der Waals surface area (Å²) in [6.07, 6.45) is 1.59. The third kappa shape index (κ3) is 1.85. The third-order valence-electron chi connectivity index (χ3n) is 1.92. The van der Waals surface area contributed by atoms with E-state index in [9.17, 15) is 0 Å². The number of aromatic nitrogens is 4. The van der Waals surface area contributed by atoms with Crippen LogP contribution >= 0.6 is 15.9 Å². The molecule has 2 aromatic rings. The first kappa shape index (κ1) is 10.1. The first-order valence-electron chi connectivity index (χ1n) is 4.39. The average Bonchev–Trinajstić information content (AvgIpc) is 2.45. The fourth-order valence-electron chi connectivity index (χ4n) is 1.32. The van der Waals surface area contributed by atoms with Crippen LogP contribution in [0, 0.1) is 13.8 Å².